The Morgan fingerprint density at radius 2 is 2.00 bits per heavy atom. The van der Waals surface area contributed by atoms with Crippen molar-refractivity contribution in [3.63, 3.8) is 0 Å². The SMILES string of the molecule is COc1ccc(F)cc1C(NN)c1ccc(Br)cc1Cl. The van der Waals surface area contributed by atoms with Crippen LogP contribution in [0.1, 0.15) is 17.2 Å². The van der Waals surface area contributed by atoms with Crippen LogP contribution < -0.4 is 16.0 Å². The maximum absolute atomic E-state index is 13.5. The van der Waals surface area contributed by atoms with E-state index in [1.54, 1.807) is 12.1 Å². The van der Waals surface area contributed by atoms with E-state index < -0.39 is 6.04 Å². The summed E-state index contributed by atoms with van der Waals surface area (Å²) in [4.78, 5) is 0. The van der Waals surface area contributed by atoms with Crippen LogP contribution in [0.3, 0.4) is 0 Å². The average molecular weight is 360 g/mol. The van der Waals surface area contributed by atoms with Crippen LogP contribution in [0.25, 0.3) is 0 Å². The van der Waals surface area contributed by atoms with Gasteiger partial charge < -0.3 is 4.74 Å². The van der Waals surface area contributed by atoms with Crippen molar-refractivity contribution >= 4 is 27.5 Å². The predicted octanol–water partition coefficient (Wildman–Crippen LogP) is 3.80. The van der Waals surface area contributed by atoms with Gasteiger partial charge in [0.15, 0.2) is 0 Å². The van der Waals surface area contributed by atoms with E-state index in [2.05, 4.69) is 21.4 Å². The van der Waals surface area contributed by atoms with E-state index in [9.17, 15) is 4.39 Å². The minimum absolute atomic E-state index is 0.366. The molecular weight excluding hydrogens is 347 g/mol. The van der Waals surface area contributed by atoms with Gasteiger partial charge in [-0.1, -0.05) is 33.6 Å². The number of methoxy groups -OCH3 is 1. The molecule has 6 heteroatoms. The molecule has 0 heterocycles. The second-order valence-corrected chi connectivity index (χ2v) is 5.47. The van der Waals surface area contributed by atoms with E-state index in [-0.39, 0.29) is 5.82 Å². The van der Waals surface area contributed by atoms with E-state index in [1.165, 1.54) is 19.2 Å². The Bertz CT molecular complexity index is 624. The maximum Gasteiger partial charge on any atom is 0.124 e. The Hall–Kier alpha value is -1.14. The van der Waals surface area contributed by atoms with Gasteiger partial charge in [-0.15, -0.1) is 0 Å². The van der Waals surface area contributed by atoms with Crippen LogP contribution in [0.15, 0.2) is 40.9 Å². The number of nitrogens with one attached hydrogen (secondary N) is 1. The molecule has 0 saturated heterocycles. The zero-order chi connectivity index (χ0) is 14.7. The van der Waals surface area contributed by atoms with Gasteiger partial charge in [0.25, 0.3) is 0 Å². The molecule has 2 aromatic rings. The van der Waals surface area contributed by atoms with E-state index in [1.807, 2.05) is 12.1 Å². The zero-order valence-corrected chi connectivity index (χ0v) is 13.0. The summed E-state index contributed by atoms with van der Waals surface area (Å²) in [5.41, 5.74) is 3.97. The first kappa shape index (κ1) is 15.3. The number of benzene rings is 2. The number of hydrogen-bond acceptors (Lipinski definition) is 3. The summed E-state index contributed by atoms with van der Waals surface area (Å²) in [5, 5.41) is 0.522. The van der Waals surface area contributed by atoms with Crippen LogP contribution in [0.5, 0.6) is 5.75 Å². The second-order valence-electron chi connectivity index (χ2n) is 4.15. The third-order valence-corrected chi connectivity index (χ3v) is 3.76. The molecule has 0 saturated carbocycles. The molecule has 1 atom stereocenters. The standard InChI is InChI=1S/C14H13BrClFN2O/c1-20-13-5-3-9(17)7-11(13)14(19-18)10-4-2-8(15)6-12(10)16/h2-7,14,19H,18H2,1H3. The summed E-state index contributed by atoms with van der Waals surface area (Å²) < 4.78 is 19.6. The second kappa shape index (κ2) is 6.54. The van der Waals surface area contributed by atoms with Crippen molar-refractivity contribution in [2.75, 3.05) is 7.11 Å². The van der Waals surface area contributed by atoms with Gasteiger partial charge in [0.1, 0.15) is 11.6 Å². The van der Waals surface area contributed by atoms with Crippen molar-refractivity contribution in [3.05, 3.63) is 62.8 Å². The van der Waals surface area contributed by atoms with Gasteiger partial charge in [-0.25, -0.2) is 9.82 Å². The Morgan fingerprint density at radius 1 is 1.25 bits per heavy atom. The molecule has 2 rings (SSSR count). The van der Waals surface area contributed by atoms with Crippen LogP contribution in [-0.4, -0.2) is 7.11 Å². The molecule has 3 nitrogen and oxygen atoms in total. The molecular formula is C14H13BrClFN2O. The van der Waals surface area contributed by atoms with Gasteiger partial charge in [-0.05, 0) is 35.9 Å². The first-order valence-electron chi connectivity index (χ1n) is 5.81. The van der Waals surface area contributed by atoms with E-state index in [4.69, 9.17) is 22.2 Å². The van der Waals surface area contributed by atoms with Crippen LogP contribution >= 0.6 is 27.5 Å². The molecule has 0 fully saturated rings. The third kappa shape index (κ3) is 3.12. The number of nitrogens with two attached hydrogens (primary N) is 1. The maximum atomic E-state index is 13.5. The Labute approximate surface area is 130 Å². The van der Waals surface area contributed by atoms with Crippen molar-refractivity contribution < 1.29 is 9.13 Å². The quantitative estimate of drug-likeness (QED) is 0.645. The summed E-state index contributed by atoms with van der Waals surface area (Å²) in [6.07, 6.45) is 0. The summed E-state index contributed by atoms with van der Waals surface area (Å²) in [5.74, 6) is 5.79. The minimum atomic E-state index is -0.471. The number of halogens is 3. The minimum Gasteiger partial charge on any atom is -0.496 e. The topological polar surface area (TPSA) is 47.3 Å². The van der Waals surface area contributed by atoms with Crippen molar-refractivity contribution in [2.45, 2.75) is 6.04 Å². The molecule has 0 spiro atoms. The highest BCUT2D eigenvalue weighted by Crippen LogP contribution is 2.34. The lowest BCUT2D eigenvalue weighted by Gasteiger charge is -2.20. The number of hydrazine groups is 1. The van der Waals surface area contributed by atoms with Crippen LogP contribution in [-0.2, 0) is 0 Å². The number of hydrogen-bond donors (Lipinski definition) is 2. The highest BCUT2D eigenvalue weighted by atomic mass is 79.9. The molecule has 0 aromatic heterocycles. The van der Waals surface area contributed by atoms with Crippen molar-refractivity contribution in [2.24, 2.45) is 5.84 Å². The number of rotatable bonds is 4. The highest BCUT2D eigenvalue weighted by molar-refractivity contribution is 9.10. The monoisotopic (exact) mass is 358 g/mol. The van der Waals surface area contributed by atoms with Gasteiger partial charge in [0.05, 0.1) is 13.2 Å². The zero-order valence-electron chi connectivity index (χ0n) is 10.7. The molecule has 0 bridgehead atoms. The first-order valence-corrected chi connectivity index (χ1v) is 6.98. The molecule has 106 valence electrons. The summed E-state index contributed by atoms with van der Waals surface area (Å²) in [6.45, 7) is 0. The third-order valence-electron chi connectivity index (χ3n) is 2.94. The summed E-state index contributed by atoms with van der Waals surface area (Å²) in [7, 11) is 1.52. The van der Waals surface area contributed by atoms with Crippen molar-refractivity contribution in [3.8, 4) is 5.75 Å². The summed E-state index contributed by atoms with van der Waals surface area (Å²) in [6, 6.07) is 9.22. The molecule has 0 amide bonds. The average Bonchev–Trinajstić information content (AvgIpc) is 2.42. The van der Waals surface area contributed by atoms with E-state index in [0.29, 0.717) is 16.3 Å². The van der Waals surface area contributed by atoms with Gasteiger partial charge >= 0.3 is 0 Å². The van der Waals surface area contributed by atoms with Gasteiger partial charge in [-0.2, -0.15) is 0 Å². The molecule has 1 unspecified atom stereocenters. The largest absolute Gasteiger partial charge is 0.496 e. The fourth-order valence-corrected chi connectivity index (χ4v) is 2.80. The van der Waals surface area contributed by atoms with E-state index in [0.717, 1.165) is 10.0 Å². The lowest BCUT2D eigenvalue weighted by Crippen LogP contribution is -2.29. The predicted molar refractivity (Wildman–Crippen MR) is 81.3 cm³/mol. The molecule has 0 radical (unpaired) electrons. The fourth-order valence-electron chi connectivity index (χ4n) is 2.01. The van der Waals surface area contributed by atoms with Gasteiger partial charge in [0.2, 0.25) is 0 Å². The molecule has 0 aliphatic heterocycles. The van der Waals surface area contributed by atoms with Crippen LogP contribution in [0, 0.1) is 5.82 Å². The number of ether oxygens (including phenoxy) is 1. The smallest absolute Gasteiger partial charge is 0.124 e. The Balaban J connectivity index is 2.54. The molecule has 3 N–H and O–H groups in total. The Morgan fingerprint density at radius 3 is 2.60 bits per heavy atom. The molecule has 20 heavy (non-hydrogen) atoms. The molecule has 2 aromatic carbocycles. The normalized spacial score (nSPS) is 12.2. The lowest BCUT2D eigenvalue weighted by molar-refractivity contribution is 0.402. The fraction of sp³-hybridized carbons (Fsp3) is 0.143. The lowest BCUT2D eigenvalue weighted by atomic mass is 9.98. The van der Waals surface area contributed by atoms with Gasteiger partial charge in [0, 0.05) is 15.1 Å². The van der Waals surface area contributed by atoms with E-state index >= 15 is 0 Å². The Kier molecular flexibility index (Phi) is 4.99. The molecule has 0 aliphatic rings. The van der Waals surface area contributed by atoms with Crippen LogP contribution in [0.2, 0.25) is 5.02 Å². The summed E-state index contributed by atoms with van der Waals surface area (Å²) >= 11 is 9.57. The highest BCUT2D eigenvalue weighted by Gasteiger charge is 2.20. The van der Waals surface area contributed by atoms with Crippen LogP contribution in [0.4, 0.5) is 4.39 Å². The van der Waals surface area contributed by atoms with Gasteiger partial charge in [-0.3, -0.25) is 5.84 Å². The first-order chi connectivity index (χ1) is 9.56. The van der Waals surface area contributed by atoms with Crippen molar-refractivity contribution in [1.29, 1.82) is 0 Å². The molecule has 0 aliphatic carbocycles. The van der Waals surface area contributed by atoms with Crippen molar-refractivity contribution in [1.82, 2.24) is 5.43 Å².